The Bertz CT molecular complexity index is 1000. The second-order valence-corrected chi connectivity index (χ2v) is 8.05. The first-order chi connectivity index (χ1) is 14.2. The summed E-state index contributed by atoms with van der Waals surface area (Å²) in [5.74, 6) is 3.73. The molecule has 4 rings (SSSR count). The van der Waals surface area contributed by atoms with Gasteiger partial charge in [0.15, 0.2) is 0 Å². The fraction of sp³-hybridized carbons (Fsp3) is 0.292. The van der Waals surface area contributed by atoms with Crippen molar-refractivity contribution in [3.63, 3.8) is 0 Å². The van der Waals surface area contributed by atoms with Gasteiger partial charge in [-0.05, 0) is 60.0 Å². The molecule has 0 radical (unpaired) electrons. The lowest BCUT2D eigenvalue weighted by molar-refractivity contribution is 0.414. The number of benzene rings is 2. The van der Waals surface area contributed by atoms with Crippen LogP contribution in [0.5, 0.6) is 11.5 Å². The van der Waals surface area contributed by atoms with Gasteiger partial charge in [0.25, 0.3) is 0 Å². The molecular weight excluding hydrogens is 380 g/mol. The van der Waals surface area contributed by atoms with Gasteiger partial charge in [0.1, 0.15) is 11.5 Å². The topological polar surface area (TPSA) is 36.3 Å². The molecule has 0 saturated carbocycles. The molecular formula is C24H26N2O2S. The van der Waals surface area contributed by atoms with E-state index in [4.69, 9.17) is 14.6 Å². The highest BCUT2D eigenvalue weighted by molar-refractivity contribution is 7.99. The molecule has 0 aliphatic carbocycles. The van der Waals surface area contributed by atoms with Gasteiger partial charge in [0.05, 0.1) is 25.6 Å². The number of hydrogen-bond acceptors (Lipinski definition) is 4. The first-order valence-electron chi connectivity index (χ1n) is 9.90. The van der Waals surface area contributed by atoms with Crippen LogP contribution in [0.3, 0.4) is 0 Å². The summed E-state index contributed by atoms with van der Waals surface area (Å²) in [6, 6.07) is 16.4. The molecule has 0 bridgehead atoms. The molecule has 0 amide bonds. The van der Waals surface area contributed by atoms with Crippen molar-refractivity contribution in [1.29, 1.82) is 0 Å². The average molecular weight is 407 g/mol. The van der Waals surface area contributed by atoms with Crippen molar-refractivity contribution in [2.45, 2.75) is 25.6 Å². The van der Waals surface area contributed by atoms with Gasteiger partial charge in [0, 0.05) is 29.2 Å². The van der Waals surface area contributed by atoms with Crippen molar-refractivity contribution < 1.29 is 9.47 Å². The number of aromatic nitrogens is 2. The van der Waals surface area contributed by atoms with Crippen LogP contribution in [0.25, 0.3) is 22.9 Å². The van der Waals surface area contributed by atoms with Gasteiger partial charge in [-0.2, -0.15) is 16.9 Å². The minimum Gasteiger partial charge on any atom is -0.497 e. The molecule has 1 aromatic heterocycles. The van der Waals surface area contributed by atoms with Gasteiger partial charge in [-0.15, -0.1) is 0 Å². The van der Waals surface area contributed by atoms with E-state index in [9.17, 15) is 0 Å². The van der Waals surface area contributed by atoms with Crippen molar-refractivity contribution in [3.8, 4) is 22.8 Å². The van der Waals surface area contributed by atoms with E-state index in [-0.39, 0.29) is 0 Å². The Hall–Kier alpha value is -2.66. The van der Waals surface area contributed by atoms with E-state index in [0.717, 1.165) is 47.2 Å². The second kappa shape index (κ2) is 8.78. The quantitative estimate of drug-likeness (QED) is 0.521. The van der Waals surface area contributed by atoms with Crippen LogP contribution in [0.1, 0.15) is 30.2 Å². The van der Waals surface area contributed by atoms with Crippen LogP contribution in [0, 0.1) is 0 Å². The van der Waals surface area contributed by atoms with E-state index in [0.29, 0.717) is 0 Å². The third-order valence-electron chi connectivity index (χ3n) is 5.11. The first kappa shape index (κ1) is 19.6. The maximum absolute atomic E-state index is 5.31. The molecule has 3 aromatic rings. The highest BCUT2D eigenvalue weighted by Crippen LogP contribution is 2.39. The summed E-state index contributed by atoms with van der Waals surface area (Å²) in [6.07, 6.45) is 3.34. The maximum atomic E-state index is 5.31. The van der Waals surface area contributed by atoms with Crippen molar-refractivity contribution in [2.24, 2.45) is 0 Å². The lowest BCUT2D eigenvalue weighted by Gasteiger charge is -2.18. The van der Waals surface area contributed by atoms with Crippen molar-refractivity contribution in [1.82, 2.24) is 9.78 Å². The molecule has 4 nitrogen and oxygen atoms in total. The molecule has 0 N–H and O–H groups in total. The van der Waals surface area contributed by atoms with Gasteiger partial charge in [0.2, 0.25) is 0 Å². The summed E-state index contributed by atoms with van der Waals surface area (Å²) in [5, 5.41) is 5.03. The monoisotopic (exact) mass is 406 g/mol. The third-order valence-corrected chi connectivity index (χ3v) is 6.12. The smallest absolute Gasteiger partial charge is 0.118 e. The Kier molecular flexibility index (Phi) is 5.95. The van der Waals surface area contributed by atoms with E-state index in [1.165, 1.54) is 22.4 Å². The number of thioether (sulfide) groups is 1. The zero-order chi connectivity index (χ0) is 20.2. The van der Waals surface area contributed by atoms with Crippen molar-refractivity contribution in [2.75, 3.05) is 20.0 Å². The maximum Gasteiger partial charge on any atom is 0.118 e. The number of hydrogen-bond donors (Lipinski definition) is 0. The Morgan fingerprint density at radius 3 is 2.24 bits per heavy atom. The molecule has 0 fully saturated rings. The van der Waals surface area contributed by atoms with Crippen LogP contribution >= 0.6 is 11.8 Å². The van der Waals surface area contributed by atoms with Gasteiger partial charge in [-0.25, -0.2) is 0 Å². The van der Waals surface area contributed by atoms with Crippen LogP contribution in [0.2, 0.25) is 0 Å². The number of rotatable bonds is 6. The van der Waals surface area contributed by atoms with E-state index in [1.54, 1.807) is 14.2 Å². The Morgan fingerprint density at radius 1 is 0.966 bits per heavy atom. The summed E-state index contributed by atoms with van der Waals surface area (Å²) < 4.78 is 12.8. The lowest BCUT2D eigenvalue weighted by Crippen LogP contribution is -2.09. The summed E-state index contributed by atoms with van der Waals surface area (Å²) in [7, 11) is 3.39. The fourth-order valence-corrected chi connectivity index (χ4v) is 4.71. The zero-order valence-electron chi connectivity index (χ0n) is 17.1. The molecule has 0 saturated heterocycles. The lowest BCUT2D eigenvalue weighted by atomic mass is 10.0. The first-order valence-corrected chi connectivity index (χ1v) is 11.1. The fourth-order valence-electron chi connectivity index (χ4n) is 3.69. The number of aryl methyl sites for hydroxylation is 1. The van der Waals surface area contributed by atoms with E-state index in [2.05, 4.69) is 41.9 Å². The molecule has 1 aliphatic rings. The Labute approximate surface area is 176 Å². The number of methoxy groups -OCH3 is 2. The predicted octanol–water partition coefficient (Wildman–Crippen LogP) is 5.76. The Balaban J connectivity index is 1.78. The summed E-state index contributed by atoms with van der Waals surface area (Å²) in [4.78, 5) is 0. The van der Waals surface area contributed by atoms with E-state index >= 15 is 0 Å². The van der Waals surface area contributed by atoms with Gasteiger partial charge in [-0.1, -0.05) is 19.1 Å². The summed E-state index contributed by atoms with van der Waals surface area (Å²) >= 11 is 1.95. The molecule has 2 heterocycles. The highest BCUT2D eigenvalue weighted by Gasteiger charge is 2.25. The SMILES string of the molecule is CCCn1nc(-c2ccc(OC)cc2)c2c1/C(=C/c1ccc(OC)cc1)CSC2. The Morgan fingerprint density at radius 2 is 1.62 bits per heavy atom. The average Bonchev–Trinajstić information content (AvgIpc) is 3.14. The highest BCUT2D eigenvalue weighted by atomic mass is 32.2. The van der Waals surface area contributed by atoms with Crippen LogP contribution in [0.15, 0.2) is 48.5 Å². The molecule has 150 valence electrons. The minimum atomic E-state index is 0.866. The molecule has 2 aromatic carbocycles. The second-order valence-electron chi connectivity index (χ2n) is 7.06. The summed E-state index contributed by atoms with van der Waals surface area (Å²) in [6.45, 7) is 3.12. The standard InChI is InChI=1S/C24H26N2O2S/c1-4-13-26-24-19(14-17-5-9-20(27-2)10-6-17)15-29-16-22(24)23(25-26)18-7-11-21(28-3)12-8-18/h5-12,14H,4,13,15-16H2,1-3H3/b19-14+. The zero-order valence-corrected chi connectivity index (χ0v) is 18.0. The van der Waals surface area contributed by atoms with Gasteiger partial charge < -0.3 is 9.47 Å². The normalized spacial score (nSPS) is 14.7. The molecule has 5 heteroatoms. The largest absolute Gasteiger partial charge is 0.497 e. The number of fused-ring (bicyclic) bond motifs is 1. The molecule has 29 heavy (non-hydrogen) atoms. The van der Waals surface area contributed by atoms with Crippen molar-refractivity contribution in [3.05, 3.63) is 65.4 Å². The van der Waals surface area contributed by atoms with Crippen LogP contribution in [-0.2, 0) is 12.3 Å². The minimum absolute atomic E-state index is 0.866. The number of nitrogens with zero attached hydrogens (tertiary/aromatic N) is 2. The molecule has 0 atom stereocenters. The summed E-state index contributed by atoms with van der Waals surface area (Å²) in [5.41, 5.74) is 7.37. The van der Waals surface area contributed by atoms with Crippen LogP contribution in [0.4, 0.5) is 0 Å². The van der Waals surface area contributed by atoms with Gasteiger partial charge >= 0.3 is 0 Å². The van der Waals surface area contributed by atoms with Crippen molar-refractivity contribution >= 4 is 23.4 Å². The van der Waals surface area contributed by atoms with E-state index < -0.39 is 0 Å². The third kappa shape index (κ3) is 4.06. The molecule has 0 unspecified atom stereocenters. The van der Waals surface area contributed by atoms with Crippen LogP contribution in [-0.4, -0.2) is 29.8 Å². The number of ether oxygens (including phenoxy) is 2. The molecule has 1 aliphatic heterocycles. The van der Waals surface area contributed by atoms with Crippen LogP contribution < -0.4 is 9.47 Å². The van der Waals surface area contributed by atoms with E-state index in [1.807, 2.05) is 36.0 Å². The predicted molar refractivity (Wildman–Crippen MR) is 122 cm³/mol. The molecule has 0 spiro atoms. The van der Waals surface area contributed by atoms with Gasteiger partial charge in [-0.3, -0.25) is 4.68 Å².